The standard InChI is InChI=1S/C22H16Cl2N4O4/c1-10(29)31-16-6-4-11(8-17(16)30-2)18-13(9-25)21(26)32-22-19(18)20(27-28-22)12-3-5-14(23)15(24)7-12/h3-8,18H,26H2,1-2H3,(H,27,28)/t18-/m1/s1. The molecule has 0 amide bonds. The summed E-state index contributed by atoms with van der Waals surface area (Å²) in [5.41, 5.74) is 8.77. The zero-order chi connectivity index (χ0) is 23.0. The van der Waals surface area contributed by atoms with Crippen LogP contribution in [0.3, 0.4) is 0 Å². The van der Waals surface area contributed by atoms with Crippen LogP contribution in [0.25, 0.3) is 11.3 Å². The Morgan fingerprint density at radius 2 is 2.00 bits per heavy atom. The first-order valence-corrected chi connectivity index (χ1v) is 10.1. The van der Waals surface area contributed by atoms with E-state index in [1.807, 2.05) is 0 Å². The van der Waals surface area contributed by atoms with E-state index >= 15 is 0 Å². The van der Waals surface area contributed by atoms with E-state index in [2.05, 4.69) is 16.3 Å². The molecule has 0 saturated heterocycles. The quantitative estimate of drug-likeness (QED) is 0.423. The third-order valence-corrected chi connectivity index (χ3v) is 5.66. The zero-order valence-electron chi connectivity index (χ0n) is 16.9. The third-order valence-electron chi connectivity index (χ3n) is 4.92. The van der Waals surface area contributed by atoms with Crippen molar-refractivity contribution >= 4 is 29.2 Å². The normalized spacial score (nSPS) is 14.9. The number of aromatic nitrogens is 2. The van der Waals surface area contributed by atoms with Crippen LogP contribution in [0.1, 0.15) is 24.0 Å². The molecule has 0 aliphatic carbocycles. The molecule has 1 aliphatic heterocycles. The number of methoxy groups -OCH3 is 1. The minimum absolute atomic E-state index is 0.0554. The van der Waals surface area contributed by atoms with Gasteiger partial charge in [-0.3, -0.25) is 9.89 Å². The van der Waals surface area contributed by atoms with Crippen LogP contribution in [-0.4, -0.2) is 23.3 Å². The van der Waals surface area contributed by atoms with Crippen LogP contribution in [0, 0.1) is 11.3 Å². The minimum atomic E-state index is -0.632. The molecule has 0 unspecified atom stereocenters. The van der Waals surface area contributed by atoms with E-state index in [1.165, 1.54) is 14.0 Å². The number of nitrogens with zero attached hydrogens (tertiary/aromatic N) is 2. The van der Waals surface area contributed by atoms with E-state index < -0.39 is 11.9 Å². The minimum Gasteiger partial charge on any atom is -0.493 e. The number of nitriles is 1. The number of H-pyrrole nitrogens is 1. The summed E-state index contributed by atoms with van der Waals surface area (Å²) in [6.07, 6.45) is 0. The summed E-state index contributed by atoms with van der Waals surface area (Å²) in [6.45, 7) is 1.30. The first-order chi connectivity index (χ1) is 15.3. The molecule has 32 heavy (non-hydrogen) atoms. The van der Waals surface area contributed by atoms with E-state index in [-0.39, 0.29) is 23.1 Å². The number of allylic oxidation sites excluding steroid dienone is 1. The molecule has 10 heteroatoms. The van der Waals surface area contributed by atoms with Crippen molar-refractivity contribution in [1.82, 2.24) is 10.2 Å². The van der Waals surface area contributed by atoms with Crippen molar-refractivity contribution in [1.29, 1.82) is 5.26 Å². The van der Waals surface area contributed by atoms with Crippen molar-refractivity contribution in [3.8, 4) is 34.7 Å². The molecule has 3 aromatic rings. The molecule has 162 valence electrons. The number of esters is 1. The Balaban J connectivity index is 1.91. The summed E-state index contributed by atoms with van der Waals surface area (Å²) in [6, 6.07) is 12.2. The van der Waals surface area contributed by atoms with Gasteiger partial charge in [0.2, 0.25) is 11.8 Å². The number of carbonyl (C=O) groups is 1. The molecule has 0 spiro atoms. The highest BCUT2D eigenvalue weighted by Gasteiger charge is 2.36. The van der Waals surface area contributed by atoms with Crippen molar-refractivity contribution < 1.29 is 19.0 Å². The van der Waals surface area contributed by atoms with Crippen LogP contribution in [0.2, 0.25) is 10.0 Å². The van der Waals surface area contributed by atoms with Crippen LogP contribution in [0.15, 0.2) is 47.9 Å². The van der Waals surface area contributed by atoms with Gasteiger partial charge in [0.1, 0.15) is 11.6 Å². The molecule has 0 radical (unpaired) electrons. The number of rotatable bonds is 4. The van der Waals surface area contributed by atoms with Crippen molar-refractivity contribution in [3.63, 3.8) is 0 Å². The fraction of sp³-hybridized carbons (Fsp3) is 0.136. The lowest BCUT2D eigenvalue weighted by Gasteiger charge is -2.24. The van der Waals surface area contributed by atoms with Gasteiger partial charge in [-0.05, 0) is 29.8 Å². The third kappa shape index (κ3) is 3.73. The van der Waals surface area contributed by atoms with Crippen LogP contribution in [0.5, 0.6) is 17.4 Å². The number of nitrogens with two attached hydrogens (primary N) is 1. The maximum absolute atomic E-state index is 11.4. The second-order valence-corrected chi connectivity index (χ2v) is 7.69. The summed E-state index contributed by atoms with van der Waals surface area (Å²) >= 11 is 12.3. The van der Waals surface area contributed by atoms with Gasteiger partial charge in [-0.15, -0.1) is 5.10 Å². The second-order valence-electron chi connectivity index (χ2n) is 6.88. The number of benzene rings is 2. The Bertz CT molecular complexity index is 1310. The van der Waals surface area contributed by atoms with E-state index in [0.29, 0.717) is 38.2 Å². The van der Waals surface area contributed by atoms with E-state index in [0.717, 1.165) is 0 Å². The fourth-order valence-electron chi connectivity index (χ4n) is 3.55. The SMILES string of the molecule is COc1cc([C@@H]2C(C#N)=C(N)Oc3n[nH]c(-c4ccc(Cl)c(Cl)c4)c32)ccc1OC(C)=O. The molecule has 1 aliphatic rings. The molecule has 2 aromatic carbocycles. The topological polar surface area (TPSA) is 123 Å². The van der Waals surface area contributed by atoms with Crippen molar-refractivity contribution in [2.45, 2.75) is 12.8 Å². The Labute approximate surface area is 193 Å². The number of ether oxygens (including phenoxy) is 3. The van der Waals surface area contributed by atoms with Gasteiger partial charge in [-0.1, -0.05) is 35.3 Å². The molecular formula is C22H16Cl2N4O4. The van der Waals surface area contributed by atoms with Gasteiger partial charge in [0.05, 0.1) is 34.3 Å². The first kappa shape index (κ1) is 21.6. The summed E-state index contributed by atoms with van der Waals surface area (Å²) in [4.78, 5) is 11.4. The smallest absolute Gasteiger partial charge is 0.308 e. The monoisotopic (exact) mass is 470 g/mol. The van der Waals surface area contributed by atoms with Crippen molar-refractivity contribution in [2.75, 3.05) is 7.11 Å². The average molecular weight is 471 g/mol. The number of hydrogen-bond donors (Lipinski definition) is 2. The summed E-state index contributed by atoms with van der Waals surface area (Å²) in [7, 11) is 1.45. The predicted octanol–water partition coefficient (Wildman–Crippen LogP) is 4.54. The largest absolute Gasteiger partial charge is 0.493 e. The van der Waals surface area contributed by atoms with Gasteiger partial charge >= 0.3 is 5.97 Å². The molecule has 0 bridgehead atoms. The Morgan fingerprint density at radius 1 is 1.22 bits per heavy atom. The Kier molecular flexibility index (Phi) is 5.70. The highest BCUT2D eigenvalue weighted by atomic mass is 35.5. The number of nitrogens with one attached hydrogen (secondary N) is 1. The molecule has 4 rings (SSSR count). The maximum atomic E-state index is 11.4. The highest BCUT2D eigenvalue weighted by Crippen LogP contribution is 2.47. The molecule has 1 aromatic heterocycles. The Morgan fingerprint density at radius 3 is 2.66 bits per heavy atom. The number of fused-ring (bicyclic) bond motifs is 1. The van der Waals surface area contributed by atoms with Crippen molar-refractivity contribution in [2.24, 2.45) is 5.73 Å². The summed E-state index contributed by atoms with van der Waals surface area (Å²) < 4.78 is 16.2. The van der Waals surface area contributed by atoms with Crippen LogP contribution >= 0.6 is 23.2 Å². The van der Waals surface area contributed by atoms with Gasteiger partial charge in [-0.2, -0.15) is 5.26 Å². The molecule has 2 heterocycles. The average Bonchev–Trinajstić information content (AvgIpc) is 3.18. The van der Waals surface area contributed by atoms with Gasteiger partial charge < -0.3 is 19.9 Å². The van der Waals surface area contributed by atoms with Crippen LogP contribution < -0.4 is 19.9 Å². The van der Waals surface area contributed by atoms with Gasteiger partial charge in [0, 0.05) is 12.5 Å². The van der Waals surface area contributed by atoms with Crippen LogP contribution in [0.4, 0.5) is 0 Å². The van der Waals surface area contributed by atoms with Crippen LogP contribution in [-0.2, 0) is 4.79 Å². The predicted molar refractivity (Wildman–Crippen MR) is 118 cm³/mol. The van der Waals surface area contributed by atoms with Gasteiger partial charge in [-0.25, -0.2) is 0 Å². The summed E-state index contributed by atoms with van der Waals surface area (Å²) in [5, 5.41) is 17.8. The van der Waals surface area contributed by atoms with Gasteiger partial charge in [0.15, 0.2) is 11.5 Å². The molecule has 0 fully saturated rings. The molecule has 8 nitrogen and oxygen atoms in total. The second kappa shape index (κ2) is 8.46. The number of hydrogen-bond acceptors (Lipinski definition) is 7. The lowest BCUT2D eigenvalue weighted by atomic mass is 9.83. The number of halogens is 2. The molecule has 3 N–H and O–H groups in total. The number of carbonyl (C=O) groups excluding carboxylic acids is 1. The van der Waals surface area contributed by atoms with Crippen molar-refractivity contribution in [3.05, 3.63) is 69.0 Å². The Hall–Kier alpha value is -3.67. The van der Waals surface area contributed by atoms with Gasteiger partial charge in [0.25, 0.3) is 0 Å². The molecule has 0 saturated carbocycles. The molecule has 1 atom stereocenters. The van der Waals surface area contributed by atoms with E-state index in [1.54, 1.807) is 36.4 Å². The highest BCUT2D eigenvalue weighted by molar-refractivity contribution is 6.42. The number of aromatic amines is 1. The first-order valence-electron chi connectivity index (χ1n) is 9.31. The maximum Gasteiger partial charge on any atom is 0.308 e. The molecular weight excluding hydrogens is 455 g/mol. The van der Waals surface area contributed by atoms with E-state index in [4.69, 9.17) is 43.1 Å². The van der Waals surface area contributed by atoms with E-state index in [9.17, 15) is 10.1 Å². The lowest BCUT2D eigenvalue weighted by Crippen LogP contribution is -2.21. The zero-order valence-corrected chi connectivity index (χ0v) is 18.4. The fourth-order valence-corrected chi connectivity index (χ4v) is 3.85. The summed E-state index contributed by atoms with van der Waals surface area (Å²) in [5.74, 6) is -0.365. The lowest BCUT2D eigenvalue weighted by molar-refractivity contribution is -0.132.